The largest absolute Gasteiger partial charge is 0.455 e. The zero-order chi connectivity index (χ0) is 75.9. The zero-order valence-electron chi connectivity index (χ0n) is 62.7. The fraction of sp³-hybridized carbons (Fsp3) is 0.0571. The zero-order valence-corrected chi connectivity index (χ0v) is 62.7. The van der Waals surface area contributed by atoms with Crippen molar-refractivity contribution < 1.29 is 26.5 Å². The summed E-state index contributed by atoms with van der Waals surface area (Å²) in [4.78, 5) is 14.3. The average molecular weight is 1470 g/mol. The molecule has 24 rings (SSSR count). The molecule has 0 aliphatic heterocycles. The molecule has 16 aromatic carbocycles. The molecule has 22 aromatic rings. The summed E-state index contributed by atoms with van der Waals surface area (Å²) in [6.07, 6.45) is 0. The molecule has 2 aliphatic rings. The van der Waals surface area contributed by atoms with Crippen molar-refractivity contribution in [3.8, 4) is 90.0 Å². The van der Waals surface area contributed by atoms with Crippen molar-refractivity contribution in [2.45, 2.75) is 38.5 Å². The molecule has 0 atom stereocenters. The molecule has 0 bridgehead atoms. The van der Waals surface area contributed by atoms with Gasteiger partial charge in [0.1, 0.15) is 50.0 Å². The summed E-state index contributed by atoms with van der Waals surface area (Å²) in [6.45, 7) is 8.84. The highest BCUT2D eigenvalue weighted by Crippen LogP contribution is 2.59. The smallest absolute Gasteiger partial charge is 0.227 e. The average Bonchev–Trinajstić information content (AvgIpc) is 1.52. The molecule has 0 N–H and O–H groups in total. The lowest BCUT2D eigenvalue weighted by atomic mass is 9.67. The van der Waals surface area contributed by atoms with Crippen LogP contribution in [0.15, 0.2) is 372 Å². The van der Waals surface area contributed by atoms with Crippen molar-refractivity contribution in [3.63, 3.8) is 0 Å². The van der Waals surface area contributed by atoms with Gasteiger partial charge in [0.2, 0.25) is 17.7 Å². The van der Waals surface area contributed by atoms with E-state index in [0.717, 1.165) is 155 Å². The molecule has 2 aliphatic carbocycles. The Morgan fingerprint density at radius 3 is 0.982 bits per heavy atom. The first-order valence-electron chi connectivity index (χ1n) is 38.7. The van der Waals surface area contributed by atoms with Crippen LogP contribution in [0, 0.1) is 13.8 Å². The Morgan fingerprint density at radius 2 is 0.535 bits per heavy atom. The Balaban J connectivity index is 0.000000107. The molecule has 0 amide bonds. The lowest BCUT2D eigenvalue weighted by Gasteiger charge is -2.34. The predicted molar refractivity (Wildman–Crippen MR) is 461 cm³/mol. The number of furan rings is 3. The third kappa shape index (κ3) is 10.5. The molecular weight excluding hydrogens is 1400 g/mol. The number of benzene rings is 16. The summed E-state index contributed by atoms with van der Waals surface area (Å²) in [6, 6.07) is 121. The van der Waals surface area contributed by atoms with Gasteiger partial charge in [-0.1, -0.05) is 263 Å². The maximum atomic E-state index is 6.51. The number of para-hydroxylation sites is 12. The van der Waals surface area contributed by atoms with Crippen LogP contribution in [0.5, 0.6) is 0 Å². The Hall–Kier alpha value is -14.7. The topological polar surface area (TPSA) is 118 Å². The third-order valence-corrected chi connectivity index (χ3v) is 23.5. The number of fused-ring (bicyclic) bond motifs is 18. The Morgan fingerprint density at radius 1 is 0.219 bits per heavy atom. The summed E-state index contributed by atoms with van der Waals surface area (Å²) in [5.74, 6) is 1.94. The first kappa shape index (κ1) is 66.3. The van der Waals surface area contributed by atoms with Crippen molar-refractivity contribution in [3.05, 3.63) is 390 Å². The standard InChI is InChI=1S/C44H27NO2.C34H23NO2.C27H19NO2/c1-3-12-30(13-4-1)44(31-14-5-2-6-15-31)37-26-28(32-17-11-18-36-35-16-7-9-20-40(35)46-42(32)36)22-24-33(37)34-25-23-29(27-38(34)44)43-45-39-19-8-10-21-41(39)47-43;1-34(2)27-18-20(22-9-7-10-26-25-8-3-5-12-30(25)36-32(22)26)14-16-23(27)24-17-15-21(19-28(24)34)33-35-29-11-4-6-13-31(29)37-33;1-16-15-22(27-28-23-11-4-6-13-25(23)30-27)17(2)14-21(16)20-10-7-9-19-18-8-3-5-12-24(18)29-26(19)20/h1-27H;3-19H,1-2H3;3-15H,1-2H3. The maximum absolute atomic E-state index is 6.51. The number of aryl methyl sites for hydroxylation is 2. The number of hydrogen-bond donors (Lipinski definition) is 0. The first-order valence-corrected chi connectivity index (χ1v) is 38.7. The van der Waals surface area contributed by atoms with Gasteiger partial charge in [0.25, 0.3) is 0 Å². The predicted octanol–water partition coefficient (Wildman–Crippen LogP) is 28.5. The third-order valence-electron chi connectivity index (χ3n) is 23.5. The fourth-order valence-corrected chi connectivity index (χ4v) is 18.1. The second-order valence-corrected chi connectivity index (χ2v) is 30.4. The van der Waals surface area contributed by atoms with Gasteiger partial charge in [-0.15, -0.1) is 0 Å². The fourth-order valence-electron chi connectivity index (χ4n) is 18.1. The SMILES string of the molecule is CC1(C)c2cc(-c3nc4ccccc4o3)ccc2-c2ccc(-c3cccc4c3oc3ccccc34)cc21.Cc1cc(-c2cccc3c2oc2ccccc23)c(C)cc1-c1nc2ccccc2o1.c1ccc(C2(c3ccccc3)c3cc(-c4nc5ccccc5o4)ccc3-c3ccc(-c4cccc5c4oc4ccccc45)cc32)cc1. The summed E-state index contributed by atoms with van der Waals surface area (Å²) in [5, 5.41) is 6.85. The summed E-state index contributed by atoms with van der Waals surface area (Å²) in [5.41, 5.74) is 34.3. The highest BCUT2D eigenvalue weighted by atomic mass is 16.4. The molecule has 9 nitrogen and oxygen atoms in total. The van der Waals surface area contributed by atoms with E-state index >= 15 is 0 Å². The number of aromatic nitrogens is 3. The van der Waals surface area contributed by atoms with Crippen molar-refractivity contribution in [2.75, 3.05) is 0 Å². The number of nitrogens with zero attached hydrogens (tertiary/aromatic N) is 3. The maximum Gasteiger partial charge on any atom is 0.227 e. The molecule has 114 heavy (non-hydrogen) atoms. The Labute approximate surface area is 655 Å². The highest BCUT2D eigenvalue weighted by molar-refractivity contribution is 6.12. The van der Waals surface area contributed by atoms with Gasteiger partial charge in [0.15, 0.2) is 16.7 Å². The second kappa shape index (κ2) is 26.0. The summed E-state index contributed by atoms with van der Waals surface area (Å²) in [7, 11) is 0. The van der Waals surface area contributed by atoms with Crippen LogP contribution in [0.25, 0.3) is 189 Å². The van der Waals surface area contributed by atoms with E-state index in [1.807, 2.05) is 109 Å². The van der Waals surface area contributed by atoms with Gasteiger partial charge in [-0.05, 0) is 194 Å². The highest BCUT2D eigenvalue weighted by Gasteiger charge is 2.47. The van der Waals surface area contributed by atoms with E-state index in [1.54, 1.807) is 0 Å². The van der Waals surface area contributed by atoms with Gasteiger partial charge in [-0.3, -0.25) is 0 Å². The number of hydrogen-bond acceptors (Lipinski definition) is 9. The quantitative estimate of drug-likeness (QED) is 0.147. The minimum atomic E-state index is -0.576. The molecular formula is C105H69N3O6. The van der Waals surface area contributed by atoms with Crippen LogP contribution in [0.3, 0.4) is 0 Å². The van der Waals surface area contributed by atoms with E-state index in [0.29, 0.717) is 17.7 Å². The van der Waals surface area contributed by atoms with E-state index in [1.165, 1.54) is 61.2 Å². The lowest BCUT2D eigenvalue weighted by Crippen LogP contribution is -2.28. The van der Waals surface area contributed by atoms with Gasteiger partial charge in [-0.25, -0.2) is 15.0 Å². The monoisotopic (exact) mass is 1470 g/mol. The van der Waals surface area contributed by atoms with Crippen LogP contribution < -0.4 is 0 Å². The van der Waals surface area contributed by atoms with Crippen molar-refractivity contribution in [1.82, 2.24) is 15.0 Å². The van der Waals surface area contributed by atoms with E-state index in [2.05, 4.69) is 269 Å². The van der Waals surface area contributed by atoms with E-state index < -0.39 is 5.41 Å². The molecule has 6 aromatic heterocycles. The Kier molecular flexibility index (Phi) is 15.1. The minimum absolute atomic E-state index is 0.162. The molecule has 0 fully saturated rings. The Bertz CT molecular complexity index is 7490. The molecule has 0 saturated heterocycles. The number of rotatable bonds is 8. The van der Waals surface area contributed by atoms with E-state index in [4.69, 9.17) is 36.5 Å². The normalized spacial score (nSPS) is 13.1. The van der Waals surface area contributed by atoms with Gasteiger partial charge in [0, 0.05) is 71.1 Å². The van der Waals surface area contributed by atoms with E-state index in [9.17, 15) is 0 Å². The lowest BCUT2D eigenvalue weighted by molar-refractivity contribution is 0.618. The second-order valence-electron chi connectivity index (χ2n) is 30.4. The number of oxazole rings is 3. The molecule has 0 unspecified atom stereocenters. The van der Waals surface area contributed by atoms with Crippen LogP contribution in [-0.2, 0) is 10.8 Å². The van der Waals surface area contributed by atoms with Crippen molar-refractivity contribution in [1.29, 1.82) is 0 Å². The van der Waals surface area contributed by atoms with Gasteiger partial charge in [0.05, 0.1) is 5.41 Å². The van der Waals surface area contributed by atoms with Gasteiger partial charge < -0.3 is 26.5 Å². The molecule has 0 radical (unpaired) electrons. The molecule has 0 spiro atoms. The molecule has 9 heteroatoms. The van der Waals surface area contributed by atoms with E-state index in [-0.39, 0.29) is 5.41 Å². The first-order chi connectivity index (χ1) is 56.0. The minimum Gasteiger partial charge on any atom is -0.455 e. The van der Waals surface area contributed by atoms with Gasteiger partial charge >= 0.3 is 0 Å². The molecule has 540 valence electrons. The molecule has 0 saturated carbocycles. The summed E-state index contributed by atoms with van der Waals surface area (Å²) < 4.78 is 37.5. The molecule has 6 heterocycles. The van der Waals surface area contributed by atoms with Gasteiger partial charge in [-0.2, -0.15) is 0 Å². The van der Waals surface area contributed by atoms with Crippen LogP contribution >= 0.6 is 0 Å². The van der Waals surface area contributed by atoms with Crippen LogP contribution in [0.1, 0.15) is 58.4 Å². The van der Waals surface area contributed by atoms with Crippen LogP contribution in [0.2, 0.25) is 0 Å². The van der Waals surface area contributed by atoms with Crippen LogP contribution in [0.4, 0.5) is 0 Å². The van der Waals surface area contributed by atoms with Crippen molar-refractivity contribution in [2.24, 2.45) is 0 Å². The summed E-state index contributed by atoms with van der Waals surface area (Å²) >= 11 is 0. The van der Waals surface area contributed by atoms with Crippen molar-refractivity contribution >= 4 is 99.1 Å². The van der Waals surface area contributed by atoms with Crippen LogP contribution in [-0.4, -0.2) is 15.0 Å².